The topological polar surface area (TPSA) is 57.5 Å². The number of carboxylic acid groups (broad SMARTS) is 1. The molecule has 0 aliphatic heterocycles. The van der Waals surface area contributed by atoms with Crippen molar-refractivity contribution < 1.29 is 15.0 Å². The molecule has 0 aliphatic carbocycles. The maximum atomic E-state index is 10.0. The minimum atomic E-state index is -0.670. The molecular weight excluding hydrogens is 264 g/mol. The molecule has 0 radical (unpaired) electrons. The van der Waals surface area contributed by atoms with Gasteiger partial charge in [-0.3, -0.25) is 4.79 Å². The second-order valence-corrected chi connectivity index (χ2v) is 5.76. The molecule has 120 valence electrons. The fourth-order valence-corrected chi connectivity index (χ4v) is 1.87. The van der Waals surface area contributed by atoms with Crippen molar-refractivity contribution >= 4 is 5.97 Å². The van der Waals surface area contributed by atoms with Gasteiger partial charge in [0.1, 0.15) is 5.75 Å². The highest BCUT2D eigenvalue weighted by atomic mass is 16.4. The summed E-state index contributed by atoms with van der Waals surface area (Å²) in [5.74, 6) is 0.217. The number of hydrogen-bond donors (Lipinski definition) is 2. The van der Waals surface area contributed by atoms with Gasteiger partial charge in [0.2, 0.25) is 0 Å². The molecule has 0 aromatic heterocycles. The van der Waals surface area contributed by atoms with Crippen LogP contribution in [0.1, 0.15) is 76.3 Å². The van der Waals surface area contributed by atoms with Crippen molar-refractivity contribution in [3.63, 3.8) is 0 Å². The van der Waals surface area contributed by atoms with Crippen LogP contribution in [0.15, 0.2) is 18.2 Å². The van der Waals surface area contributed by atoms with E-state index in [-0.39, 0.29) is 0 Å². The molecule has 21 heavy (non-hydrogen) atoms. The summed E-state index contributed by atoms with van der Waals surface area (Å²) in [4.78, 5) is 10.0. The molecule has 1 aromatic carbocycles. The zero-order chi connectivity index (χ0) is 16.3. The van der Waals surface area contributed by atoms with Gasteiger partial charge in [-0.15, -0.1) is 0 Å². The van der Waals surface area contributed by atoms with Crippen LogP contribution < -0.4 is 0 Å². The molecule has 0 amide bonds. The van der Waals surface area contributed by atoms with E-state index in [2.05, 4.69) is 26.8 Å². The third kappa shape index (κ3) is 9.94. The van der Waals surface area contributed by atoms with E-state index < -0.39 is 5.97 Å². The number of carboxylic acids is 1. The third-order valence-electron chi connectivity index (χ3n) is 3.39. The number of aryl methyl sites for hydroxylation is 1. The molecule has 0 atom stereocenters. The number of hydrogen-bond acceptors (Lipinski definition) is 2. The first-order chi connectivity index (χ1) is 9.88. The van der Waals surface area contributed by atoms with Crippen molar-refractivity contribution in [3.05, 3.63) is 29.3 Å². The van der Waals surface area contributed by atoms with E-state index in [4.69, 9.17) is 5.11 Å². The van der Waals surface area contributed by atoms with E-state index in [1.54, 1.807) is 0 Å². The number of aliphatic carboxylic acids is 1. The quantitative estimate of drug-likeness (QED) is 0.675. The molecular formula is C18H30O3. The van der Waals surface area contributed by atoms with Gasteiger partial charge in [-0.05, 0) is 36.5 Å². The summed E-state index contributed by atoms with van der Waals surface area (Å²) >= 11 is 0. The smallest absolute Gasteiger partial charge is 0.303 e. The predicted molar refractivity (Wildman–Crippen MR) is 87.9 cm³/mol. The van der Waals surface area contributed by atoms with Crippen LogP contribution in [-0.4, -0.2) is 16.2 Å². The van der Waals surface area contributed by atoms with Crippen molar-refractivity contribution in [1.82, 2.24) is 0 Å². The zero-order valence-electron chi connectivity index (χ0n) is 13.9. The number of rotatable bonds is 7. The van der Waals surface area contributed by atoms with E-state index in [0.29, 0.717) is 18.1 Å². The average molecular weight is 294 g/mol. The minimum absolute atomic E-state index is 0.337. The fourth-order valence-electron chi connectivity index (χ4n) is 1.87. The highest BCUT2D eigenvalue weighted by molar-refractivity contribution is 5.66. The van der Waals surface area contributed by atoms with E-state index >= 15 is 0 Å². The molecule has 0 unspecified atom stereocenters. The summed E-state index contributed by atoms with van der Waals surface area (Å²) in [5.41, 5.74) is 2.13. The number of aromatic hydroxyl groups is 1. The minimum Gasteiger partial charge on any atom is -0.508 e. The van der Waals surface area contributed by atoms with Crippen LogP contribution in [0, 0.1) is 6.92 Å². The monoisotopic (exact) mass is 294 g/mol. The van der Waals surface area contributed by atoms with Crippen LogP contribution in [0.4, 0.5) is 0 Å². The summed E-state index contributed by atoms with van der Waals surface area (Å²) in [7, 11) is 0. The van der Waals surface area contributed by atoms with Gasteiger partial charge in [0.15, 0.2) is 0 Å². The highest BCUT2D eigenvalue weighted by Gasteiger charge is 2.01. The predicted octanol–water partition coefficient (Wildman–Crippen LogP) is 5.26. The number of phenols is 1. The highest BCUT2D eigenvalue weighted by Crippen LogP contribution is 2.22. The summed E-state index contributed by atoms with van der Waals surface area (Å²) < 4.78 is 0. The molecule has 0 saturated heterocycles. The van der Waals surface area contributed by atoms with Crippen LogP contribution in [0.25, 0.3) is 0 Å². The summed E-state index contributed by atoms with van der Waals surface area (Å²) in [6.07, 6.45) is 5.88. The lowest BCUT2D eigenvalue weighted by atomic mass is 10.0. The van der Waals surface area contributed by atoms with Gasteiger partial charge in [0.05, 0.1) is 0 Å². The Hall–Kier alpha value is -1.51. The molecule has 0 heterocycles. The SMILES string of the molecule is CCCCCCCC(=O)O.Cc1ccc(C(C)C)cc1O. The first-order valence-electron chi connectivity index (χ1n) is 7.89. The Labute approximate surface area is 129 Å². The number of carbonyl (C=O) groups is 1. The third-order valence-corrected chi connectivity index (χ3v) is 3.39. The first-order valence-corrected chi connectivity index (χ1v) is 7.89. The van der Waals surface area contributed by atoms with Gasteiger partial charge in [-0.1, -0.05) is 58.6 Å². The normalized spacial score (nSPS) is 10.1. The molecule has 3 heteroatoms. The lowest BCUT2D eigenvalue weighted by Gasteiger charge is -2.06. The van der Waals surface area contributed by atoms with Crippen LogP contribution in [0.2, 0.25) is 0 Å². The van der Waals surface area contributed by atoms with Crippen LogP contribution in [0.3, 0.4) is 0 Å². The molecule has 0 aliphatic rings. The lowest BCUT2D eigenvalue weighted by molar-refractivity contribution is -0.137. The molecule has 3 nitrogen and oxygen atoms in total. The first kappa shape index (κ1) is 19.5. The van der Waals surface area contributed by atoms with Crippen molar-refractivity contribution in [2.24, 2.45) is 0 Å². The molecule has 0 saturated carbocycles. The maximum absolute atomic E-state index is 10.0. The Kier molecular flexibility index (Phi) is 10.4. The summed E-state index contributed by atoms with van der Waals surface area (Å²) in [6, 6.07) is 5.84. The van der Waals surface area contributed by atoms with Gasteiger partial charge in [-0.25, -0.2) is 0 Å². The van der Waals surface area contributed by atoms with E-state index in [1.807, 2.05) is 19.1 Å². The number of phenolic OH excluding ortho intramolecular Hbond substituents is 1. The van der Waals surface area contributed by atoms with Crippen LogP contribution in [-0.2, 0) is 4.79 Å². The van der Waals surface area contributed by atoms with Crippen molar-refractivity contribution in [2.45, 2.75) is 72.1 Å². The second kappa shape index (κ2) is 11.2. The van der Waals surface area contributed by atoms with E-state index in [1.165, 1.54) is 24.8 Å². The zero-order valence-corrected chi connectivity index (χ0v) is 13.9. The van der Waals surface area contributed by atoms with Gasteiger partial charge in [0, 0.05) is 6.42 Å². The Morgan fingerprint density at radius 3 is 2.24 bits per heavy atom. The van der Waals surface area contributed by atoms with Crippen molar-refractivity contribution in [2.75, 3.05) is 0 Å². The fraction of sp³-hybridized carbons (Fsp3) is 0.611. The summed E-state index contributed by atoms with van der Waals surface area (Å²) in [6.45, 7) is 8.28. The Morgan fingerprint density at radius 1 is 1.14 bits per heavy atom. The molecule has 1 aromatic rings. The molecule has 0 spiro atoms. The number of unbranched alkanes of at least 4 members (excludes halogenated alkanes) is 4. The molecule has 1 rings (SSSR count). The number of benzene rings is 1. The molecule has 2 N–H and O–H groups in total. The second-order valence-electron chi connectivity index (χ2n) is 5.76. The lowest BCUT2D eigenvalue weighted by Crippen LogP contribution is -1.93. The van der Waals surface area contributed by atoms with Gasteiger partial charge >= 0.3 is 5.97 Å². The van der Waals surface area contributed by atoms with Crippen molar-refractivity contribution in [3.8, 4) is 5.75 Å². The molecule has 0 fully saturated rings. The molecule has 0 bridgehead atoms. The Balaban J connectivity index is 0.000000384. The van der Waals surface area contributed by atoms with E-state index in [9.17, 15) is 9.90 Å². The van der Waals surface area contributed by atoms with Gasteiger partial charge < -0.3 is 10.2 Å². The van der Waals surface area contributed by atoms with Crippen LogP contribution in [0.5, 0.6) is 5.75 Å². The Morgan fingerprint density at radius 2 is 1.76 bits per heavy atom. The standard InChI is InChI=1S/C10H14O.C8H16O2/c1-7(2)9-5-4-8(3)10(11)6-9;1-2-3-4-5-6-7-8(9)10/h4-7,11H,1-3H3;2-7H2,1H3,(H,9,10). The van der Waals surface area contributed by atoms with Gasteiger partial charge in [0.25, 0.3) is 0 Å². The largest absolute Gasteiger partial charge is 0.508 e. The maximum Gasteiger partial charge on any atom is 0.303 e. The van der Waals surface area contributed by atoms with E-state index in [0.717, 1.165) is 18.4 Å². The van der Waals surface area contributed by atoms with Crippen molar-refractivity contribution in [1.29, 1.82) is 0 Å². The summed E-state index contributed by atoms with van der Waals surface area (Å²) in [5, 5.41) is 17.6. The Bertz CT molecular complexity index is 411. The van der Waals surface area contributed by atoms with Crippen LogP contribution >= 0.6 is 0 Å². The van der Waals surface area contributed by atoms with Gasteiger partial charge in [-0.2, -0.15) is 0 Å². The average Bonchev–Trinajstić information content (AvgIpc) is 2.42.